The number of hydrogen-bond acceptors (Lipinski definition) is 3. The molecule has 0 bridgehead atoms. The van der Waals surface area contributed by atoms with E-state index in [1.54, 1.807) is 0 Å². The van der Waals surface area contributed by atoms with Gasteiger partial charge in [0, 0.05) is 25.6 Å². The smallest absolute Gasteiger partial charge is 0.258 e. The minimum atomic E-state index is -0.111. The first-order valence-corrected chi connectivity index (χ1v) is 10.3. The second-order valence-electron chi connectivity index (χ2n) is 7.69. The number of nitrogens with zero attached hydrogens (tertiary/aromatic N) is 1. The van der Waals surface area contributed by atoms with Crippen molar-refractivity contribution in [2.75, 3.05) is 19.7 Å². The van der Waals surface area contributed by atoms with E-state index in [4.69, 9.17) is 4.74 Å². The van der Waals surface area contributed by atoms with Gasteiger partial charge >= 0.3 is 0 Å². The van der Waals surface area contributed by atoms with Crippen LogP contribution >= 0.6 is 0 Å². The Kier molecular flexibility index (Phi) is 7.28. The second-order valence-corrected chi connectivity index (χ2v) is 7.69. The van der Waals surface area contributed by atoms with Crippen molar-refractivity contribution >= 4 is 11.8 Å². The largest absolute Gasteiger partial charge is 0.483 e. The molecule has 154 valence electrons. The lowest BCUT2D eigenvalue weighted by Gasteiger charge is -2.32. The summed E-state index contributed by atoms with van der Waals surface area (Å²) in [6, 6.07) is 16.0. The first-order valence-electron chi connectivity index (χ1n) is 10.3. The van der Waals surface area contributed by atoms with Gasteiger partial charge in [-0.25, -0.2) is 0 Å². The lowest BCUT2D eigenvalue weighted by atomic mass is 10.0. The monoisotopic (exact) mass is 394 g/mol. The Morgan fingerprint density at radius 1 is 1.03 bits per heavy atom. The first kappa shape index (κ1) is 20.9. The van der Waals surface area contributed by atoms with Gasteiger partial charge in [0.15, 0.2) is 6.61 Å². The summed E-state index contributed by atoms with van der Waals surface area (Å²) in [5.74, 6) is 0.829. The van der Waals surface area contributed by atoms with E-state index in [-0.39, 0.29) is 24.5 Å². The maximum atomic E-state index is 12.4. The molecule has 0 radical (unpaired) electrons. The van der Waals surface area contributed by atoms with Crippen LogP contribution in [0.4, 0.5) is 0 Å². The van der Waals surface area contributed by atoms with E-state index >= 15 is 0 Å². The number of hydrogen-bond donors (Lipinski definition) is 1. The Morgan fingerprint density at radius 2 is 1.76 bits per heavy atom. The molecule has 0 unspecified atom stereocenters. The van der Waals surface area contributed by atoms with Crippen molar-refractivity contribution in [3.63, 3.8) is 0 Å². The van der Waals surface area contributed by atoms with Crippen molar-refractivity contribution in [3.05, 3.63) is 65.2 Å². The zero-order valence-corrected chi connectivity index (χ0v) is 17.3. The van der Waals surface area contributed by atoms with E-state index in [0.717, 1.165) is 36.1 Å². The summed E-state index contributed by atoms with van der Waals surface area (Å²) < 4.78 is 5.68. The van der Waals surface area contributed by atoms with Crippen LogP contribution in [-0.4, -0.2) is 42.5 Å². The molecule has 3 rings (SSSR count). The SMILES string of the molecule is Cc1cccc(OCC(=O)NC2CCN(C(=O)CCc3ccccc3)CC2)c1C. The number of ether oxygens (including phenoxy) is 1. The topological polar surface area (TPSA) is 58.6 Å². The number of carbonyl (C=O) groups excluding carboxylic acids is 2. The standard InChI is InChI=1S/C24H30N2O3/c1-18-7-6-10-22(19(18)2)29-17-23(27)25-21-13-15-26(16-14-21)24(28)12-11-20-8-4-3-5-9-20/h3-10,21H,11-17H2,1-2H3,(H,25,27). The lowest BCUT2D eigenvalue weighted by Crippen LogP contribution is -2.47. The predicted octanol–water partition coefficient (Wildman–Crippen LogP) is 3.42. The number of piperidine rings is 1. The maximum Gasteiger partial charge on any atom is 0.258 e. The molecular weight excluding hydrogens is 364 g/mol. The van der Waals surface area contributed by atoms with Crippen molar-refractivity contribution in [2.45, 2.75) is 45.6 Å². The van der Waals surface area contributed by atoms with Crippen LogP contribution in [0.5, 0.6) is 5.75 Å². The molecular formula is C24H30N2O3. The van der Waals surface area contributed by atoms with Crippen LogP contribution in [0.3, 0.4) is 0 Å². The highest BCUT2D eigenvalue weighted by molar-refractivity contribution is 5.78. The Balaban J connectivity index is 1.37. The van der Waals surface area contributed by atoms with Crippen LogP contribution in [0, 0.1) is 13.8 Å². The highest BCUT2D eigenvalue weighted by atomic mass is 16.5. The van der Waals surface area contributed by atoms with Crippen molar-refractivity contribution in [1.82, 2.24) is 10.2 Å². The van der Waals surface area contributed by atoms with E-state index in [0.29, 0.717) is 19.5 Å². The summed E-state index contributed by atoms with van der Waals surface area (Å²) in [4.78, 5) is 26.6. The molecule has 0 atom stereocenters. The van der Waals surface area contributed by atoms with Crippen molar-refractivity contribution < 1.29 is 14.3 Å². The summed E-state index contributed by atoms with van der Waals surface area (Å²) in [5.41, 5.74) is 3.39. The minimum Gasteiger partial charge on any atom is -0.483 e. The van der Waals surface area contributed by atoms with Crippen LogP contribution in [0.25, 0.3) is 0 Å². The van der Waals surface area contributed by atoms with Gasteiger partial charge < -0.3 is 15.0 Å². The van der Waals surface area contributed by atoms with Gasteiger partial charge in [-0.05, 0) is 55.9 Å². The van der Waals surface area contributed by atoms with Gasteiger partial charge in [-0.15, -0.1) is 0 Å². The first-order chi connectivity index (χ1) is 14.0. The van der Waals surface area contributed by atoms with E-state index in [1.165, 1.54) is 5.56 Å². The van der Waals surface area contributed by atoms with Crippen molar-refractivity contribution in [1.29, 1.82) is 0 Å². The molecule has 1 aliphatic rings. The highest BCUT2D eigenvalue weighted by Gasteiger charge is 2.23. The number of rotatable bonds is 7. The van der Waals surface area contributed by atoms with Gasteiger partial charge in [0.2, 0.25) is 5.91 Å². The highest BCUT2D eigenvalue weighted by Crippen LogP contribution is 2.20. The molecule has 0 aromatic heterocycles. The summed E-state index contributed by atoms with van der Waals surface area (Å²) in [6.07, 6.45) is 2.87. The lowest BCUT2D eigenvalue weighted by molar-refractivity contribution is -0.132. The van der Waals surface area contributed by atoms with Crippen LogP contribution in [0.2, 0.25) is 0 Å². The summed E-state index contributed by atoms with van der Waals surface area (Å²) in [7, 11) is 0. The molecule has 2 aromatic carbocycles. The van der Waals surface area contributed by atoms with Gasteiger partial charge in [0.1, 0.15) is 5.75 Å². The molecule has 1 aliphatic heterocycles. The minimum absolute atomic E-state index is 0.0144. The normalized spacial score (nSPS) is 14.5. The van der Waals surface area contributed by atoms with E-state index < -0.39 is 0 Å². The van der Waals surface area contributed by atoms with Gasteiger partial charge in [-0.3, -0.25) is 9.59 Å². The molecule has 0 saturated carbocycles. The molecule has 5 nitrogen and oxygen atoms in total. The molecule has 1 fully saturated rings. The van der Waals surface area contributed by atoms with Crippen molar-refractivity contribution in [3.8, 4) is 5.75 Å². The Bertz CT molecular complexity index is 827. The summed E-state index contributed by atoms with van der Waals surface area (Å²) >= 11 is 0. The number of carbonyl (C=O) groups is 2. The van der Waals surface area contributed by atoms with E-state index in [9.17, 15) is 9.59 Å². The van der Waals surface area contributed by atoms with Crippen LogP contribution in [-0.2, 0) is 16.0 Å². The molecule has 2 aromatic rings. The third-order valence-electron chi connectivity index (χ3n) is 5.60. The molecule has 0 aliphatic carbocycles. The van der Waals surface area contributed by atoms with Crippen LogP contribution in [0.1, 0.15) is 36.0 Å². The molecule has 2 amide bonds. The molecule has 1 saturated heterocycles. The zero-order valence-electron chi connectivity index (χ0n) is 17.3. The molecule has 0 spiro atoms. The van der Waals surface area contributed by atoms with Crippen molar-refractivity contribution in [2.24, 2.45) is 0 Å². The van der Waals surface area contributed by atoms with Crippen LogP contribution in [0.15, 0.2) is 48.5 Å². The summed E-state index contributed by atoms with van der Waals surface area (Å²) in [5, 5.41) is 3.04. The molecule has 5 heteroatoms. The average Bonchev–Trinajstić information content (AvgIpc) is 2.74. The number of aryl methyl sites for hydroxylation is 2. The Labute approximate surface area is 173 Å². The van der Waals surface area contributed by atoms with Gasteiger partial charge in [0.05, 0.1) is 0 Å². The maximum absolute atomic E-state index is 12.4. The number of amides is 2. The van der Waals surface area contributed by atoms with Gasteiger partial charge in [-0.2, -0.15) is 0 Å². The zero-order chi connectivity index (χ0) is 20.6. The number of likely N-dealkylation sites (tertiary alicyclic amines) is 1. The second kappa shape index (κ2) is 10.1. The fourth-order valence-electron chi connectivity index (χ4n) is 3.62. The van der Waals surface area contributed by atoms with Crippen LogP contribution < -0.4 is 10.1 Å². The van der Waals surface area contributed by atoms with Gasteiger partial charge in [-0.1, -0.05) is 42.5 Å². The fourth-order valence-corrected chi connectivity index (χ4v) is 3.62. The third-order valence-corrected chi connectivity index (χ3v) is 5.60. The third kappa shape index (κ3) is 6.08. The number of nitrogens with one attached hydrogen (secondary N) is 1. The molecule has 1 heterocycles. The Morgan fingerprint density at radius 3 is 2.48 bits per heavy atom. The summed E-state index contributed by atoms with van der Waals surface area (Å²) in [6.45, 7) is 5.41. The Hall–Kier alpha value is -2.82. The van der Waals surface area contributed by atoms with Gasteiger partial charge in [0.25, 0.3) is 5.91 Å². The van der Waals surface area contributed by atoms with E-state index in [2.05, 4.69) is 17.4 Å². The quantitative estimate of drug-likeness (QED) is 0.783. The fraction of sp³-hybridized carbons (Fsp3) is 0.417. The number of benzene rings is 2. The molecule has 1 N–H and O–H groups in total. The predicted molar refractivity (Wildman–Crippen MR) is 114 cm³/mol. The molecule has 29 heavy (non-hydrogen) atoms. The van der Waals surface area contributed by atoms with E-state index in [1.807, 2.05) is 55.1 Å². The average molecular weight is 395 g/mol.